The van der Waals surface area contributed by atoms with Crippen LogP contribution in [0.15, 0.2) is 6.07 Å². The number of nitrogens with zero attached hydrogens (tertiary/aromatic N) is 1. The second-order valence-corrected chi connectivity index (χ2v) is 5.47. The van der Waals surface area contributed by atoms with Crippen LogP contribution in [0.2, 0.25) is 0 Å². The summed E-state index contributed by atoms with van der Waals surface area (Å²) in [5.74, 6) is 0.473. The number of primary amides is 1. The molecule has 0 bridgehead atoms. The molecule has 0 unspecified atom stereocenters. The van der Waals surface area contributed by atoms with Crippen molar-refractivity contribution in [3.8, 4) is 0 Å². The van der Waals surface area contributed by atoms with E-state index in [0.717, 1.165) is 24.6 Å². The average molecular weight is 248 g/mol. The maximum atomic E-state index is 11.4. The van der Waals surface area contributed by atoms with Crippen molar-refractivity contribution in [1.82, 2.24) is 4.57 Å². The van der Waals surface area contributed by atoms with Crippen LogP contribution in [-0.2, 0) is 13.0 Å². The second-order valence-electron chi connectivity index (χ2n) is 5.47. The third-order valence-electron chi connectivity index (χ3n) is 4.25. The summed E-state index contributed by atoms with van der Waals surface area (Å²) in [7, 11) is 0. The molecule has 1 aromatic heterocycles. The lowest BCUT2D eigenvalue weighted by atomic mass is 9.89. The molecule has 0 atom stereocenters. The van der Waals surface area contributed by atoms with Gasteiger partial charge in [0.2, 0.25) is 0 Å². The molecule has 1 amide bonds. The Kier molecular flexibility index (Phi) is 4.10. The molecule has 18 heavy (non-hydrogen) atoms. The largest absolute Gasteiger partial charge is 0.366 e. The zero-order valence-corrected chi connectivity index (χ0v) is 11.5. The van der Waals surface area contributed by atoms with Gasteiger partial charge in [-0.05, 0) is 38.2 Å². The first-order valence-corrected chi connectivity index (χ1v) is 7.12. The maximum Gasteiger partial charge on any atom is 0.250 e. The first-order valence-electron chi connectivity index (χ1n) is 7.12. The minimum absolute atomic E-state index is 0.301. The highest BCUT2D eigenvalue weighted by atomic mass is 16.1. The van der Waals surface area contributed by atoms with Gasteiger partial charge >= 0.3 is 0 Å². The van der Waals surface area contributed by atoms with E-state index in [9.17, 15) is 4.79 Å². The predicted molar refractivity (Wildman–Crippen MR) is 73.6 cm³/mol. The predicted octanol–water partition coefficient (Wildman–Crippen LogP) is 3.04. The Hall–Kier alpha value is -1.25. The topological polar surface area (TPSA) is 48.0 Å². The third kappa shape index (κ3) is 2.60. The van der Waals surface area contributed by atoms with Crippen LogP contribution < -0.4 is 5.73 Å². The molecule has 1 aromatic rings. The number of rotatable bonds is 4. The van der Waals surface area contributed by atoms with Gasteiger partial charge < -0.3 is 10.3 Å². The summed E-state index contributed by atoms with van der Waals surface area (Å²) in [6.45, 7) is 5.21. The Balaban J connectivity index is 2.22. The highest BCUT2D eigenvalue weighted by Crippen LogP contribution is 2.27. The number of hydrogen-bond acceptors (Lipinski definition) is 1. The number of nitrogens with two attached hydrogens (primary N) is 1. The van der Waals surface area contributed by atoms with E-state index >= 15 is 0 Å². The molecule has 3 nitrogen and oxygen atoms in total. The molecule has 1 aliphatic carbocycles. The zero-order chi connectivity index (χ0) is 13.1. The van der Waals surface area contributed by atoms with Crippen molar-refractivity contribution in [2.45, 2.75) is 58.9 Å². The molecule has 1 aliphatic rings. The van der Waals surface area contributed by atoms with E-state index in [4.69, 9.17) is 5.73 Å². The van der Waals surface area contributed by atoms with E-state index in [1.807, 2.05) is 13.0 Å². The number of amides is 1. The first-order chi connectivity index (χ1) is 8.63. The van der Waals surface area contributed by atoms with Crippen LogP contribution >= 0.6 is 0 Å². The number of hydrogen-bond donors (Lipinski definition) is 1. The van der Waals surface area contributed by atoms with Crippen LogP contribution in [0.25, 0.3) is 0 Å². The highest BCUT2D eigenvalue weighted by molar-refractivity contribution is 5.94. The number of carbonyl (C=O) groups excluding carboxylic acids is 1. The SMILES string of the molecule is CCc1cc(C(N)=O)c(C)n1CC1CCCCC1. The van der Waals surface area contributed by atoms with Gasteiger partial charge in [-0.1, -0.05) is 26.2 Å². The molecule has 100 valence electrons. The van der Waals surface area contributed by atoms with Crippen molar-refractivity contribution in [3.05, 3.63) is 23.0 Å². The van der Waals surface area contributed by atoms with Gasteiger partial charge in [0, 0.05) is 17.9 Å². The van der Waals surface area contributed by atoms with Crippen molar-refractivity contribution >= 4 is 5.91 Å². The van der Waals surface area contributed by atoms with Gasteiger partial charge in [-0.2, -0.15) is 0 Å². The summed E-state index contributed by atoms with van der Waals surface area (Å²) in [6.07, 6.45) is 7.71. The number of aryl methyl sites for hydroxylation is 1. The monoisotopic (exact) mass is 248 g/mol. The van der Waals surface area contributed by atoms with Gasteiger partial charge in [0.15, 0.2) is 0 Å². The molecule has 2 N–H and O–H groups in total. The van der Waals surface area contributed by atoms with Crippen molar-refractivity contribution < 1.29 is 4.79 Å². The Morgan fingerprint density at radius 3 is 2.61 bits per heavy atom. The molecule has 2 rings (SSSR count). The summed E-state index contributed by atoms with van der Waals surface area (Å²) in [6, 6.07) is 1.97. The van der Waals surface area contributed by atoms with Gasteiger partial charge in [-0.25, -0.2) is 0 Å². The van der Waals surface area contributed by atoms with Gasteiger partial charge in [0.05, 0.1) is 5.56 Å². The third-order valence-corrected chi connectivity index (χ3v) is 4.25. The molecule has 1 saturated carbocycles. The Morgan fingerprint density at radius 1 is 1.39 bits per heavy atom. The fraction of sp³-hybridized carbons (Fsp3) is 0.667. The van der Waals surface area contributed by atoms with Crippen LogP contribution in [0.1, 0.15) is 60.8 Å². The lowest BCUT2D eigenvalue weighted by Gasteiger charge is -2.24. The number of carbonyl (C=O) groups is 1. The molecule has 3 heteroatoms. The summed E-state index contributed by atoms with van der Waals surface area (Å²) in [5.41, 5.74) is 8.42. The van der Waals surface area contributed by atoms with Crippen LogP contribution in [0.5, 0.6) is 0 Å². The molecule has 1 heterocycles. The van der Waals surface area contributed by atoms with E-state index in [1.54, 1.807) is 0 Å². The van der Waals surface area contributed by atoms with Gasteiger partial charge in [0.25, 0.3) is 5.91 Å². The summed E-state index contributed by atoms with van der Waals surface area (Å²) in [4.78, 5) is 11.4. The number of aromatic nitrogens is 1. The highest BCUT2D eigenvalue weighted by Gasteiger charge is 2.19. The van der Waals surface area contributed by atoms with Gasteiger partial charge in [0.1, 0.15) is 0 Å². The summed E-state index contributed by atoms with van der Waals surface area (Å²) < 4.78 is 2.32. The van der Waals surface area contributed by atoms with E-state index < -0.39 is 0 Å². The summed E-state index contributed by atoms with van der Waals surface area (Å²) >= 11 is 0. The van der Waals surface area contributed by atoms with Crippen molar-refractivity contribution in [2.24, 2.45) is 11.7 Å². The smallest absolute Gasteiger partial charge is 0.250 e. The van der Waals surface area contributed by atoms with Crippen molar-refractivity contribution in [1.29, 1.82) is 0 Å². The van der Waals surface area contributed by atoms with Gasteiger partial charge in [-0.3, -0.25) is 4.79 Å². The van der Waals surface area contributed by atoms with Crippen molar-refractivity contribution in [2.75, 3.05) is 0 Å². The molecule has 0 spiro atoms. The molecular formula is C15H24N2O. The standard InChI is InChI=1S/C15H24N2O/c1-3-13-9-14(15(16)18)11(2)17(13)10-12-7-5-4-6-8-12/h9,12H,3-8,10H2,1-2H3,(H2,16,18). The van der Waals surface area contributed by atoms with Crippen molar-refractivity contribution in [3.63, 3.8) is 0 Å². The lowest BCUT2D eigenvalue weighted by molar-refractivity contribution is 0.0999. The van der Waals surface area contributed by atoms with E-state index in [2.05, 4.69) is 11.5 Å². The van der Waals surface area contributed by atoms with Gasteiger partial charge in [-0.15, -0.1) is 0 Å². The van der Waals surface area contributed by atoms with E-state index in [0.29, 0.717) is 5.56 Å². The molecule has 0 radical (unpaired) electrons. The molecule has 0 aromatic carbocycles. The second kappa shape index (κ2) is 5.59. The van der Waals surface area contributed by atoms with Crippen LogP contribution in [-0.4, -0.2) is 10.5 Å². The minimum Gasteiger partial charge on any atom is -0.366 e. The Morgan fingerprint density at radius 2 is 2.06 bits per heavy atom. The minimum atomic E-state index is -0.301. The molecule has 0 saturated heterocycles. The van der Waals surface area contributed by atoms with Crippen LogP contribution in [0.4, 0.5) is 0 Å². The Bertz CT molecular complexity index is 428. The first kappa shape index (κ1) is 13.2. The fourth-order valence-electron chi connectivity index (χ4n) is 3.13. The molecular weight excluding hydrogens is 224 g/mol. The summed E-state index contributed by atoms with van der Waals surface area (Å²) in [5, 5.41) is 0. The normalized spacial score (nSPS) is 17.0. The van der Waals surface area contributed by atoms with Crippen LogP contribution in [0.3, 0.4) is 0 Å². The quantitative estimate of drug-likeness (QED) is 0.874. The van der Waals surface area contributed by atoms with Crippen LogP contribution in [0, 0.1) is 12.8 Å². The molecule has 0 aliphatic heterocycles. The lowest BCUT2D eigenvalue weighted by Crippen LogP contribution is -2.17. The molecule has 1 fully saturated rings. The Labute approximate surface area is 109 Å². The average Bonchev–Trinajstić information content (AvgIpc) is 2.68. The van der Waals surface area contributed by atoms with E-state index in [1.165, 1.54) is 37.8 Å². The maximum absolute atomic E-state index is 11.4. The fourth-order valence-corrected chi connectivity index (χ4v) is 3.13. The zero-order valence-electron chi connectivity index (χ0n) is 11.5. The van der Waals surface area contributed by atoms with E-state index in [-0.39, 0.29) is 5.91 Å².